The molecule has 1 aromatic heterocycles. The van der Waals surface area contributed by atoms with Crippen LogP contribution < -0.4 is 0 Å². The van der Waals surface area contributed by atoms with Gasteiger partial charge in [-0.2, -0.15) is 0 Å². The summed E-state index contributed by atoms with van der Waals surface area (Å²) in [6.07, 6.45) is 0. The zero-order valence-electron chi connectivity index (χ0n) is 6.47. The second kappa shape index (κ2) is 2.64. The molecule has 1 N–H and O–H groups in total. The van der Waals surface area contributed by atoms with E-state index in [4.69, 9.17) is 11.6 Å². The quantitative estimate of drug-likeness (QED) is 0.686. The number of thiophene rings is 1. The second-order valence-electron chi connectivity index (χ2n) is 2.70. The maximum atomic E-state index is 9.50. The van der Waals surface area contributed by atoms with Gasteiger partial charge in [0.05, 0.1) is 4.70 Å². The zero-order chi connectivity index (χ0) is 8.72. The van der Waals surface area contributed by atoms with E-state index in [1.807, 2.05) is 24.4 Å². The average Bonchev–Trinajstić information content (AvgIpc) is 2.48. The van der Waals surface area contributed by atoms with Gasteiger partial charge in [-0.15, -0.1) is 11.3 Å². The Morgan fingerprint density at radius 2 is 2.25 bits per heavy atom. The molecule has 62 valence electrons. The van der Waals surface area contributed by atoms with Crippen molar-refractivity contribution < 1.29 is 5.11 Å². The van der Waals surface area contributed by atoms with Gasteiger partial charge in [-0.05, 0) is 35.4 Å². The number of phenols is 1. The molecule has 1 heterocycles. The van der Waals surface area contributed by atoms with Gasteiger partial charge in [0.25, 0.3) is 0 Å². The van der Waals surface area contributed by atoms with E-state index >= 15 is 0 Å². The fraction of sp³-hybridized carbons (Fsp3) is 0.111. The van der Waals surface area contributed by atoms with Crippen LogP contribution in [0.5, 0.6) is 5.75 Å². The lowest BCUT2D eigenvalue weighted by molar-refractivity contribution is 0.472. The summed E-state index contributed by atoms with van der Waals surface area (Å²) in [7, 11) is 0. The van der Waals surface area contributed by atoms with Crippen molar-refractivity contribution in [3.05, 3.63) is 28.1 Å². The highest BCUT2D eigenvalue weighted by atomic mass is 35.5. The molecule has 3 heteroatoms. The molecule has 0 atom stereocenters. The molecule has 2 rings (SSSR count). The Bertz CT molecular complexity index is 433. The number of rotatable bonds is 0. The van der Waals surface area contributed by atoms with Crippen molar-refractivity contribution in [2.75, 3.05) is 0 Å². The van der Waals surface area contributed by atoms with Crippen LogP contribution in [0.2, 0.25) is 5.02 Å². The van der Waals surface area contributed by atoms with Gasteiger partial charge in [0.2, 0.25) is 0 Å². The number of phenolic OH excluding ortho intramolecular Hbond substituents is 1. The highest BCUT2D eigenvalue weighted by Crippen LogP contribution is 2.37. The van der Waals surface area contributed by atoms with Crippen LogP contribution >= 0.6 is 22.9 Å². The van der Waals surface area contributed by atoms with Crippen molar-refractivity contribution in [3.63, 3.8) is 0 Å². The number of aryl methyl sites for hydroxylation is 1. The molecule has 0 saturated carbocycles. The van der Waals surface area contributed by atoms with Gasteiger partial charge in [0, 0.05) is 0 Å². The summed E-state index contributed by atoms with van der Waals surface area (Å²) in [4.78, 5) is 0. The van der Waals surface area contributed by atoms with Gasteiger partial charge in [-0.1, -0.05) is 11.6 Å². The first-order chi connectivity index (χ1) is 5.70. The normalized spacial score (nSPS) is 10.8. The summed E-state index contributed by atoms with van der Waals surface area (Å²) in [5.41, 5.74) is 0.825. The minimum Gasteiger partial charge on any atom is -0.506 e. The van der Waals surface area contributed by atoms with Crippen LogP contribution in [0.25, 0.3) is 10.1 Å². The van der Waals surface area contributed by atoms with E-state index in [1.54, 1.807) is 11.3 Å². The molecule has 0 amide bonds. The predicted octanol–water partition coefficient (Wildman–Crippen LogP) is 3.57. The fourth-order valence-corrected chi connectivity index (χ4v) is 2.40. The molecule has 0 bridgehead atoms. The van der Waals surface area contributed by atoms with E-state index in [2.05, 4.69) is 0 Å². The molecular formula is C9H7ClOS. The maximum Gasteiger partial charge on any atom is 0.138 e. The van der Waals surface area contributed by atoms with E-state index in [1.165, 1.54) is 0 Å². The zero-order valence-corrected chi connectivity index (χ0v) is 8.04. The van der Waals surface area contributed by atoms with Crippen molar-refractivity contribution in [2.45, 2.75) is 6.92 Å². The number of aromatic hydroxyl groups is 1. The Hall–Kier alpha value is -0.730. The summed E-state index contributed by atoms with van der Waals surface area (Å²) in [5, 5.41) is 13.0. The summed E-state index contributed by atoms with van der Waals surface area (Å²) in [5.74, 6) is 0.201. The highest BCUT2D eigenvalue weighted by molar-refractivity contribution is 7.17. The number of hydrogen-bond acceptors (Lipinski definition) is 2. The first-order valence-corrected chi connectivity index (χ1v) is 4.81. The molecule has 2 aromatic rings. The van der Waals surface area contributed by atoms with Gasteiger partial charge in [0.1, 0.15) is 10.8 Å². The van der Waals surface area contributed by atoms with Gasteiger partial charge in [0.15, 0.2) is 0 Å². The topological polar surface area (TPSA) is 20.2 Å². The first kappa shape index (κ1) is 7.90. The summed E-state index contributed by atoms with van der Waals surface area (Å²) < 4.78 is 0.958. The molecule has 1 aromatic carbocycles. The van der Waals surface area contributed by atoms with Crippen LogP contribution in [0.15, 0.2) is 17.5 Å². The summed E-state index contributed by atoms with van der Waals surface area (Å²) in [6, 6.07) is 3.94. The predicted molar refractivity (Wildman–Crippen MR) is 53.2 cm³/mol. The number of hydrogen-bond donors (Lipinski definition) is 1. The SMILES string of the molecule is Cc1cc2ccsc2c(Cl)c1O. The second-order valence-corrected chi connectivity index (χ2v) is 3.99. The summed E-state index contributed by atoms with van der Waals surface area (Å²) >= 11 is 7.48. The third-order valence-corrected chi connectivity index (χ3v) is 3.28. The first-order valence-electron chi connectivity index (χ1n) is 3.55. The van der Waals surface area contributed by atoms with Crippen LogP contribution in [0.4, 0.5) is 0 Å². The Morgan fingerprint density at radius 3 is 3.00 bits per heavy atom. The minimum atomic E-state index is 0.201. The van der Waals surface area contributed by atoms with Crippen molar-refractivity contribution in [1.29, 1.82) is 0 Å². The Balaban J connectivity index is 2.94. The van der Waals surface area contributed by atoms with E-state index in [0.29, 0.717) is 5.02 Å². The minimum absolute atomic E-state index is 0.201. The average molecular weight is 199 g/mol. The van der Waals surface area contributed by atoms with E-state index in [0.717, 1.165) is 15.6 Å². The number of benzene rings is 1. The van der Waals surface area contributed by atoms with Crippen LogP contribution in [0, 0.1) is 6.92 Å². The largest absolute Gasteiger partial charge is 0.506 e. The lowest BCUT2D eigenvalue weighted by atomic mass is 10.2. The maximum absolute atomic E-state index is 9.50. The number of fused-ring (bicyclic) bond motifs is 1. The third kappa shape index (κ3) is 0.993. The molecule has 12 heavy (non-hydrogen) atoms. The van der Waals surface area contributed by atoms with Crippen molar-refractivity contribution in [2.24, 2.45) is 0 Å². The third-order valence-electron chi connectivity index (χ3n) is 1.85. The van der Waals surface area contributed by atoms with Crippen molar-refractivity contribution >= 4 is 33.0 Å². The monoisotopic (exact) mass is 198 g/mol. The number of halogens is 1. The lowest BCUT2D eigenvalue weighted by Gasteiger charge is -2.01. The van der Waals surface area contributed by atoms with Gasteiger partial charge in [-0.3, -0.25) is 0 Å². The molecule has 0 aliphatic carbocycles. The Morgan fingerprint density at radius 1 is 1.50 bits per heavy atom. The van der Waals surface area contributed by atoms with Crippen molar-refractivity contribution in [1.82, 2.24) is 0 Å². The van der Waals surface area contributed by atoms with Crippen molar-refractivity contribution in [3.8, 4) is 5.75 Å². The molecule has 0 spiro atoms. The van der Waals surface area contributed by atoms with E-state index < -0.39 is 0 Å². The van der Waals surface area contributed by atoms with Gasteiger partial charge >= 0.3 is 0 Å². The standard InChI is InChI=1S/C9H7ClOS/c1-5-4-6-2-3-12-9(6)7(10)8(5)11/h2-4,11H,1H3. The molecule has 1 nitrogen and oxygen atoms in total. The van der Waals surface area contributed by atoms with E-state index in [-0.39, 0.29) is 5.75 Å². The van der Waals surface area contributed by atoms with Gasteiger partial charge < -0.3 is 5.11 Å². The lowest BCUT2D eigenvalue weighted by Crippen LogP contribution is -1.75. The van der Waals surface area contributed by atoms with Crippen LogP contribution in [-0.4, -0.2) is 5.11 Å². The van der Waals surface area contributed by atoms with Gasteiger partial charge in [-0.25, -0.2) is 0 Å². The van der Waals surface area contributed by atoms with Crippen LogP contribution in [0.1, 0.15) is 5.56 Å². The molecule has 0 aliphatic rings. The smallest absolute Gasteiger partial charge is 0.138 e. The molecule has 0 saturated heterocycles. The van der Waals surface area contributed by atoms with Crippen LogP contribution in [0.3, 0.4) is 0 Å². The Labute approximate surface area is 79.2 Å². The van der Waals surface area contributed by atoms with E-state index in [9.17, 15) is 5.11 Å². The van der Waals surface area contributed by atoms with Crippen LogP contribution in [-0.2, 0) is 0 Å². The highest BCUT2D eigenvalue weighted by Gasteiger charge is 2.08. The molecule has 0 unspecified atom stereocenters. The Kier molecular flexibility index (Phi) is 1.74. The molecule has 0 fully saturated rings. The summed E-state index contributed by atoms with van der Waals surface area (Å²) in [6.45, 7) is 1.85. The fourth-order valence-electron chi connectivity index (χ4n) is 1.19. The molecule has 0 radical (unpaired) electrons. The molecular weight excluding hydrogens is 192 g/mol. The molecule has 0 aliphatic heterocycles.